The molecule has 150 valence electrons. The largest absolute Gasteiger partial charge is 0.497 e. The summed E-state index contributed by atoms with van der Waals surface area (Å²) in [7, 11) is -2.23. The number of carbonyl (C=O) groups excluding carboxylic acids is 1. The second-order valence-electron chi connectivity index (χ2n) is 7.82. The van der Waals surface area contributed by atoms with Crippen molar-refractivity contribution in [2.45, 2.75) is 56.4 Å². The molecule has 0 spiro atoms. The lowest BCUT2D eigenvalue weighted by atomic mass is 9.85. The lowest BCUT2D eigenvalue weighted by Crippen LogP contribution is -2.45. The zero-order valence-corrected chi connectivity index (χ0v) is 16.9. The van der Waals surface area contributed by atoms with Gasteiger partial charge in [0.25, 0.3) is 0 Å². The third-order valence-electron chi connectivity index (χ3n) is 5.87. The fraction of sp³-hybridized carbons (Fsp3) is 0.650. The van der Waals surface area contributed by atoms with Gasteiger partial charge in [-0.2, -0.15) is 4.72 Å². The first-order valence-corrected chi connectivity index (χ1v) is 11.3. The molecule has 2 fully saturated rings. The number of benzene rings is 1. The van der Waals surface area contributed by atoms with Crippen LogP contribution in [0.1, 0.15) is 45.4 Å². The average molecular weight is 395 g/mol. The Kier molecular flexibility index (Phi) is 6.42. The minimum absolute atomic E-state index is 0.113. The van der Waals surface area contributed by atoms with Crippen molar-refractivity contribution >= 4 is 15.9 Å². The highest BCUT2D eigenvalue weighted by Crippen LogP contribution is 2.48. The molecular weight excluding hydrogens is 364 g/mol. The molecule has 3 atom stereocenters. The summed E-state index contributed by atoms with van der Waals surface area (Å²) in [5.74, 6) is 2.43. The smallest absolute Gasteiger partial charge is 0.241 e. The lowest BCUT2D eigenvalue weighted by molar-refractivity contribution is -0.122. The van der Waals surface area contributed by atoms with Gasteiger partial charge >= 0.3 is 0 Å². The maximum atomic E-state index is 12.4. The van der Waals surface area contributed by atoms with Gasteiger partial charge < -0.3 is 10.1 Å². The van der Waals surface area contributed by atoms with Crippen LogP contribution in [0.2, 0.25) is 0 Å². The number of nitrogens with one attached hydrogen (secondary N) is 2. The molecule has 0 unspecified atom stereocenters. The normalized spacial score (nSPS) is 24.2. The second-order valence-corrected chi connectivity index (χ2v) is 9.54. The number of amides is 1. The molecule has 0 saturated heterocycles. The minimum atomic E-state index is -3.75. The summed E-state index contributed by atoms with van der Waals surface area (Å²) in [5.41, 5.74) is 0. The number of carbonyl (C=O) groups is 1. The fourth-order valence-corrected chi connectivity index (χ4v) is 5.34. The minimum Gasteiger partial charge on any atom is -0.497 e. The molecule has 2 saturated carbocycles. The first kappa shape index (κ1) is 20.1. The topological polar surface area (TPSA) is 84.5 Å². The zero-order valence-electron chi connectivity index (χ0n) is 16.1. The Bertz CT molecular complexity index is 742. The van der Waals surface area contributed by atoms with Crippen molar-refractivity contribution in [1.29, 1.82) is 0 Å². The Hall–Kier alpha value is -1.60. The molecule has 1 aromatic rings. The van der Waals surface area contributed by atoms with Crippen molar-refractivity contribution in [2.75, 3.05) is 13.7 Å². The van der Waals surface area contributed by atoms with E-state index in [1.807, 2.05) is 0 Å². The molecule has 6 nitrogen and oxygen atoms in total. The molecule has 7 heteroatoms. The highest BCUT2D eigenvalue weighted by Gasteiger charge is 2.42. The molecule has 0 aromatic heterocycles. The van der Waals surface area contributed by atoms with Gasteiger partial charge in [0.05, 0.1) is 18.0 Å². The fourth-order valence-electron chi connectivity index (χ4n) is 4.14. The van der Waals surface area contributed by atoms with E-state index in [2.05, 4.69) is 10.0 Å². The van der Waals surface area contributed by atoms with Crippen LogP contribution in [-0.2, 0) is 14.8 Å². The van der Waals surface area contributed by atoms with Crippen molar-refractivity contribution in [3.05, 3.63) is 24.3 Å². The summed E-state index contributed by atoms with van der Waals surface area (Å²) in [4.78, 5) is 12.4. The molecular formula is C20H30N2O4S. The first-order chi connectivity index (χ1) is 12.9. The van der Waals surface area contributed by atoms with Gasteiger partial charge in [-0.1, -0.05) is 32.1 Å². The Morgan fingerprint density at radius 2 is 1.85 bits per heavy atom. The van der Waals surface area contributed by atoms with Gasteiger partial charge in [0.1, 0.15) is 5.75 Å². The maximum absolute atomic E-state index is 12.4. The van der Waals surface area contributed by atoms with E-state index in [1.54, 1.807) is 19.1 Å². The number of ether oxygens (including phenoxy) is 1. The maximum Gasteiger partial charge on any atom is 0.241 e. The molecule has 0 radical (unpaired) electrons. The number of methoxy groups -OCH3 is 1. The third kappa shape index (κ3) is 5.23. The molecule has 0 bridgehead atoms. The predicted octanol–water partition coefficient (Wildman–Crippen LogP) is 2.69. The van der Waals surface area contributed by atoms with Gasteiger partial charge in [-0.05, 0) is 55.4 Å². The monoisotopic (exact) mass is 394 g/mol. The molecule has 27 heavy (non-hydrogen) atoms. The standard InChI is InChI=1S/C20H30N2O4S/c1-14(22-27(24,25)18-10-8-17(26-2)9-11-18)20(23)21-13-16-12-19(16)15-6-4-3-5-7-15/h8-11,14-16,19,22H,3-7,12-13H2,1-2H3,(H,21,23)/t14-,16+,19+/m0/s1. The molecule has 0 aliphatic heterocycles. The molecule has 1 aromatic carbocycles. The van der Waals surface area contributed by atoms with Crippen LogP contribution in [-0.4, -0.2) is 34.0 Å². The second kappa shape index (κ2) is 8.61. The van der Waals surface area contributed by atoms with E-state index in [-0.39, 0.29) is 10.8 Å². The molecule has 3 rings (SSSR count). The van der Waals surface area contributed by atoms with Gasteiger partial charge in [-0.15, -0.1) is 0 Å². The quantitative estimate of drug-likeness (QED) is 0.710. The van der Waals surface area contributed by atoms with Crippen molar-refractivity contribution in [3.63, 3.8) is 0 Å². The zero-order chi connectivity index (χ0) is 19.4. The van der Waals surface area contributed by atoms with Crippen LogP contribution in [0.3, 0.4) is 0 Å². The highest BCUT2D eigenvalue weighted by molar-refractivity contribution is 7.89. The highest BCUT2D eigenvalue weighted by atomic mass is 32.2. The van der Waals surface area contributed by atoms with Crippen LogP contribution in [0.5, 0.6) is 5.75 Å². The molecule has 2 aliphatic carbocycles. The van der Waals surface area contributed by atoms with Gasteiger partial charge in [0, 0.05) is 6.54 Å². The van der Waals surface area contributed by atoms with Crippen LogP contribution >= 0.6 is 0 Å². The van der Waals surface area contributed by atoms with Crippen molar-refractivity contribution in [1.82, 2.24) is 10.0 Å². The molecule has 1 amide bonds. The number of hydrogen-bond acceptors (Lipinski definition) is 4. The molecule has 0 heterocycles. The summed E-state index contributed by atoms with van der Waals surface area (Å²) in [6.07, 6.45) is 7.88. The van der Waals surface area contributed by atoms with E-state index in [9.17, 15) is 13.2 Å². The molecule has 2 N–H and O–H groups in total. The van der Waals surface area contributed by atoms with Crippen molar-refractivity contribution in [3.8, 4) is 5.75 Å². The Balaban J connectivity index is 1.45. The number of hydrogen-bond donors (Lipinski definition) is 2. The Morgan fingerprint density at radius 3 is 2.48 bits per heavy atom. The number of sulfonamides is 1. The Labute approximate surface area is 162 Å². The average Bonchev–Trinajstić information content (AvgIpc) is 3.46. The van der Waals surface area contributed by atoms with E-state index >= 15 is 0 Å². The van der Waals surface area contributed by atoms with E-state index < -0.39 is 16.1 Å². The summed E-state index contributed by atoms with van der Waals surface area (Å²) in [6.45, 7) is 2.22. The van der Waals surface area contributed by atoms with Crippen LogP contribution < -0.4 is 14.8 Å². The van der Waals surface area contributed by atoms with E-state index in [0.29, 0.717) is 18.2 Å². The van der Waals surface area contributed by atoms with E-state index in [4.69, 9.17) is 4.74 Å². The van der Waals surface area contributed by atoms with Gasteiger partial charge in [-0.3, -0.25) is 4.79 Å². The van der Waals surface area contributed by atoms with Crippen LogP contribution in [0.4, 0.5) is 0 Å². The summed E-state index contributed by atoms with van der Waals surface area (Å²) in [6, 6.07) is 5.27. The summed E-state index contributed by atoms with van der Waals surface area (Å²) in [5, 5.41) is 2.92. The first-order valence-electron chi connectivity index (χ1n) is 9.85. The lowest BCUT2D eigenvalue weighted by Gasteiger charge is -2.21. The summed E-state index contributed by atoms with van der Waals surface area (Å²) < 4.78 is 32.3. The molecule has 2 aliphatic rings. The van der Waals surface area contributed by atoms with Crippen LogP contribution in [0, 0.1) is 17.8 Å². The Morgan fingerprint density at radius 1 is 1.19 bits per heavy atom. The van der Waals surface area contributed by atoms with Gasteiger partial charge in [0.2, 0.25) is 15.9 Å². The SMILES string of the molecule is COc1ccc(S(=O)(=O)N[C@@H](C)C(=O)NC[C@H]2C[C@@H]2C2CCCCC2)cc1. The summed E-state index contributed by atoms with van der Waals surface area (Å²) >= 11 is 0. The van der Waals surface area contributed by atoms with Crippen LogP contribution in [0.15, 0.2) is 29.2 Å². The van der Waals surface area contributed by atoms with Crippen molar-refractivity contribution in [2.24, 2.45) is 17.8 Å². The van der Waals surface area contributed by atoms with Crippen LogP contribution in [0.25, 0.3) is 0 Å². The van der Waals surface area contributed by atoms with E-state index in [1.165, 1.54) is 57.8 Å². The van der Waals surface area contributed by atoms with Gasteiger partial charge in [0.15, 0.2) is 0 Å². The predicted molar refractivity (Wildman–Crippen MR) is 104 cm³/mol. The van der Waals surface area contributed by atoms with Gasteiger partial charge in [-0.25, -0.2) is 8.42 Å². The van der Waals surface area contributed by atoms with Crippen molar-refractivity contribution < 1.29 is 17.9 Å². The third-order valence-corrected chi connectivity index (χ3v) is 7.42. The van der Waals surface area contributed by atoms with E-state index in [0.717, 1.165) is 11.8 Å². The number of rotatable bonds is 8.